The number of hydrogen-bond donors (Lipinski definition) is 2. The first-order valence-electron chi connectivity index (χ1n) is 9.19. The number of nitrogens with zero attached hydrogens (tertiary/aromatic N) is 1. The Morgan fingerprint density at radius 1 is 1.22 bits per heavy atom. The van der Waals surface area contributed by atoms with Crippen molar-refractivity contribution in [2.75, 3.05) is 7.05 Å². The smallest absolute Gasteiger partial charge is 0.263 e. The Bertz CT molecular complexity index is 889. The maximum absolute atomic E-state index is 12.8. The highest BCUT2D eigenvalue weighted by atomic mass is 16.3. The van der Waals surface area contributed by atoms with Gasteiger partial charge in [-0.25, -0.2) is 0 Å². The fourth-order valence-corrected chi connectivity index (χ4v) is 3.60. The van der Waals surface area contributed by atoms with Crippen LogP contribution in [-0.2, 0) is 6.54 Å². The zero-order valence-corrected chi connectivity index (χ0v) is 15.4. The number of ketones is 1. The molecule has 1 aliphatic carbocycles. The van der Waals surface area contributed by atoms with E-state index in [9.17, 15) is 19.5 Å². The lowest BCUT2D eigenvalue weighted by molar-refractivity contribution is 0.0956. The first-order valence-corrected chi connectivity index (χ1v) is 9.19. The van der Waals surface area contributed by atoms with Crippen molar-refractivity contribution in [3.63, 3.8) is 0 Å². The van der Waals surface area contributed by atoms with Crippen molar-refractivity contribution in [1.29, 1.82) is 0 Å². The maximum Gasteiger partial charge on any atom is 0.263 e. The maximum atomic E-state index is 12.8. The Kier molecular flexibility index (Phi) is 5.86. The molecule has 27 heavy (non-hydrogen) atoms. The summed E-state index contributed by atoms with van der Waals surface area (Å²) < 4.78 is 1.41. The van der Waals surface area contributed by atoms with Gasteiger partial charge in [-0.2, -0.15) is 0 Å². The van der Waals surface area contributed by atoms with Crippen molar-refractivity contribution < 1.29 is 14.7 Å². The third-order valence-electron chi connectivity index (χ3n) is 5.06. The van der Waals surface area contributed by atoms with Crippen LogP contribution in [0.2, 0.25) is 0 Å². The molecule has 0 spiro atoms. The number of aliphatic hydroxyl groups is 1. The molecule has 2 N–H and O–H groups in total. The minimum absolute atomic E-state index is 0.0364. The van der Waals surface area contributed by atoms with Crippen molar-refractivity contribution in [2.24, 2.45) is 5.92 Å². The summed E-state index contributed by atoms with van der Waals surface area (Å²) in [5, 5.41) is 12.1. The van der Waals surface area contributed by atoms with Crippen molar-refractivity contribution in [3.05, 3.63) is 69.6 Å². The molecule has 1 fully saturated rings. The van der Waals surface area contributed by atoms with Crippen LogP contribution in [0.15, 0.2) is 47.4 Å². The second-order valence-corrected chi connectivity index (χ2v) is 7.10. The van der Waals surface area contributed by atoms with E-state index in [0.29, 0.717) is 18.4 Å². The molecule has 0 radical (unpaired) electrons. The molecular weight excluding hydrogens is 344 g/mol. The quantitative estimate of drug-likeness (QED) is 0.763. The van der Waals surface area contributed by atoms with Gasteiger partial charge in [0.05, 0.1) is 12.6 Å². The SMILES string of the molecule is CNC(=O)c1cc(C(=O)C[C@H]2CC[C@@H](O)C2)cn(Cc2ccccc2)c1=O. The van der Waals surface area contributed by atoms with E-state index in [0.717, 1.165) is 18.4 Å². The summed E-state index contributed by atoms with van der Waals surface area (Å²) in [5.41, 5.74) is 0.799. The second kappa shape index (κ2) is 8.31. The van der Waals surface area contributed by atoms with Crippen LogP contribution in [0.5, 0.6) is 0 Å². The van der Waals surface area contributed by atoms with Crippen molar-refractivity contribution in [1.82, 2.24) is 9.88 Å². The molecule has 3 rings (SSSR count). The normalized spacial score (nSPS) is 19.0. The lowest BCUT2D eigenvalue weighted by Crippen LogP contribution is -2.32. The van der Waals surface area contributed by atoms with Crippen LogP contribution in [0.3, 0.4) is 0 Å². The van der Waals surface area contributed by atoms with E-state index < -0.39 is 11.5 Å². The molecule has 1 aromatic heterocycles. The van der Waals surface area contributed by atoms with Crippen LogP contribution in [0.4, 0.5) is 0 Å². The minimum Gasteiger partial charge on any atom is -0.393 e. The molecule has 6 heteroatoms. The minimum atomic E-state index is -0.507. The standard InChI is InChI=1S/C21H24N2O4/c1-22-20(26)18-11-16(19(25)10-15-7-8-17(24)9-15)13-23(21(18)27)12-14-5-3-2-4-6-14/h2-6,11,13,15,17,24H,7-10,12H2,1H3,(H,22,26)/t15-,17+/m0/s1. The summed E-state index contributed by atoms with van der Waals surface area (Å²) in [5.74, 6) is -0.473. The average molecular weight is 368 g/mol. The number of pyridine rings is 1. The van der Waals surface area contributed by atoms with E-state index in [1.807, 2.05) is 30.3 Å². The number of aliphatic hydroxyl groups excluding tert-OH is 1. The van der Waals surface area contributed by atoms with Gasteiger partial charge in [-0.1, -0.05) is 30.3 Å². The number of amides is 1. The van der Waals surface area contributed by atoms with Crippen LogP contribution in [-0.4, -0.2) is 34.5 Å². The zero-order chi connectivity index (χ0) is 19.4. The Balaban J connectivity index is 1.93. The molecule has 1 aliphatic rings. The van der Waals surface area contributed by atoms with Gasteiger partial charge in [0.25, 0.3) is 11.5 Å². The van der Waals surface area contributed by atoms with Crippen LogP contribution in [0, 0.1) is 5.92 Å². The molecule has 1 amide bonds. The van der Waals surface area contributed by atoms with Crippen molar-refractivity contribution >= 4 is 11.7 Å². The third-order valence-corrected chi connectivity index (χ3v) is 5.06. The highest BCUT2D eigenvalue weighted by Crippen LogP contribution is 2.29. The van der Waals surface area contributed by atoms with E-state index in [1.54, 1.807) is 0 Å². The number of benzene rings is 1. The number of rotatable bonds is 6. The highest BCUT2D eigenvalue weighted by Gasteiger charge is 2.26. The predicted octanol–water partition coefficient (Wildman–Crippen LogP) is 1.99. The van der Waals surface area contributed by atoms with E-state index in [-0.39, 0.29) is 29.9 Å². The molecule has 2 atom stereocenters. The molecule has 0 aliphatic heterocycles. The summed E-state index contributed by atoms with van der Waals surface area (Å²) in [7, 11) is 1.46. The average Bonchev–Trinajstić information content (AvgIpc) is 3.08. The van der Waals surface area contributed by atoms with Gasteiger partial charge in [0.15, 0.2) is 5.78 Å². The van der Waals surface area contributed by atoms with Crippen LogP contribution < -0.4 is 10.9 Å². The number of aromatic nitrogens is 1. The van der Waals surface area contributed by atoms with Crippen LogP contribution in [0.25, 0.3) is 0 Å². The fourth-order valence-electron chi connectivity index (χ4n) is 3.60. The molecule has 2 aromatic rings. The third kappa shape index (κ3) is 4.52. The van der Waals surface area contributed by atoms with Gasteiger partial charge in [-0.15, -0.1) is 0 Å². The zero-order valence-electron chi connectivity index (χ0n) is 15.4. The van der Waals surface area contributed by atoms with E-state index in [4.69, 9.17) is 0 Å². The predicted molar refractivity (Wildman–Crippen MR) is 102 cm³/mol. The number of carbonyl (C=O) groups excluding carboxylic acids is 2. The van der Waals surface area contributed by atoms with Gasteiger partial charge in [0.2, 0.25) is 0 Å². The molecule has 142 valence electrons. The summed E-state index contributed by atoms with van der Waals surface area (Å²) >= 11 is 0. The Labute approximate surface area is 157 Å². The van der Waals surface area contributed by atoms with Crippen LogP contribution in [0.1, 0.15) is 52.0 Å². The number of Topliss-reactive ketones (excluding diaryl/α,β-unsaturated/α-hetero) is 1. The molecule has 1 heterocycles. The fraction of sp³-hybridized carbons (Fsp3) is 0.381. The van der Waals surface area contributed by atoms with Gasteiger partial charge in [0.1, 0.15) is 5.56 Å². The summed E-state index contributed by atoms with van der Waals surface area (Å²) in [6.07, 6.45) is 3.67. The van der Waals surface area contributed by atoms with Gasteiger partial charge in [-0.3, -0.25) is 14.4 Å². The van der Waals surface area contributed by atoms with Gasteiger partial charge >= 0.3 is 0 Å². The summed E-state index contributed by atoms with van der Waals surface area (Å²) in [6.45, 7) is 0.285. The molecule has 0 saturated heterocycles. The number of hydrogen-bond acceptors (Lipinski definition) is 4. The van der Waals surface area contributed by atoms with E-state index in [1.165, 1.54) is 23.9 Å². The van der Waals surface area contributed by atoms with Gasteiger partial charge in [0, 0.05) is 25.2 Å². The highest BCUT2D eigenvalue weighted by molar-refractivity contribution is 6.00. The summed E-state index contributed by atoms with van der Waals surface area (Å²) in [4.78, 5) is 37.6. The Hall–Kier alpha value is -2.73. The largest absolute Gasteiger partial charge is 0.393 e. The molecule has 0 bridgehead atoms. The van der Waals surface area contributed by atoms with Crippen molar-refractivity contribution in [2.45, 2.75) is 38.3 Å². The molecule has 1 saturated carbocycles. The summed E-state index contributed by atoms with van der Waals surface area (Å²) in [6, 6.07) is 10.8. The monoisotopic (exact) mass is 368 g/mol. The lowest BCUT2D eigenvalue weighted by Gasteiger charge is -2.13. The molecule has 1 aromatic carbocycles. The number of nitrogens with one attached hydrogen (secondary N) is 1. The number of carbonyl (C=O) groups is 2. The second-order valence-electron chi connectivity index (χ2n) is 7.10. The Morgan fingerprint density at radius 2 is 1.96 bits per heavy atom. The van der Waals surface area contributed by atoms with E-state index >= 15 is 0 Å². The van der Waals surface area contributed by atoms with E-state index in [2.05, 4.69) is 5.32 Å². The Morgan fingerprint density at radius 3 is 2.59 bits per heavy atom. The van der Waals surface area contributed by atoms with Crippen LogP contribution >= 0.6 is 0 Å². The molecule has 6 nitrogen and oxygen atoms in total. The van der Waals surface area contributed by atoms with Gasteiger partial charge in [-0.05, 0) is 36.8 Å². The molecular formula is C21H24N2O4. The lowest BCUT2D eigenvalue weighted by atomic mass is 9.97. The first kappa shape index (κ1) is 19.0. The molecule has 0 unspecified atom stereocenters. The topological polar surface area (TPSA) is 88.4 Å². The van der Waals surface area contributed by atoms with Crippen molar-refractivity contribution in [3.8, 4) is 0 Å². The van der Waals surface area contributed by atoms with Gasteiger partial charge < -0.3 is 15.0 Å². The first-order chi connectivity index (χ1) is 13.0.